The van der Waals surface area contributed by atoms with Gasteiger partial charge >= 0.3 is 5.97 Å². The maximum Gasteiger partial charge on any atom is 0.310 e. The first-order valence-corrected chi connectivity index (χ1v) is 8.00. The van der Waals surface area contributed by atoms with Gasteiger partial charge in [-0.1, -0.05) is 42.5 Å². The van der Waals surface area contributed by atoms with E-state index in [1.807, 2.05) is 73.8 Å². The van der Waals surface area contributed by atoms with E-state index in [0.29, 0.717) is 0 Å². The van der Waals surface area contributed by atoms with Crippen LogP contribution in [0.15, 0.2) is 73.1 Å². The van der Waals surface area contributed by atoms with Gasteiger partial charge in [-0.05, 0) is 36.2 Å². The van der Waals surface area contributed by atoms with Gasteiger partial charge in [-0.3, -0.25) is 4.79 Å². The minimum atomic E-state index is -0.755. The molecule has 0 aliphatic heterocycles. The molecule has 0 spiro atoms. The van der Waals surface area contributed by atoms with Gasteiger partial charge in [0.15, 0.2) is 0 Å². The van der Waals surface area contributed by atoms with Crippen LogP contribution in [0.25, 0.3) is 5.69 Å². The van der Waals surface area contributed by atoms with Gasteiger partial charge in [0.05, 0.1) is 11.1 Å². The van der Waals surface area contributed by atoms with Crippen molar-refractivity contribution in [2.75, 3.05) is 0 Å². The van der Waals surface area contributed by atoms with Crippen LogP contribution in [-0.2, 0) is 4.79 Å². The molecule has 3 atom stereocenters. The predicted molar refractivity (Wildman–Crippen MR) is 91.2 cm³/mol. The highest BCUT2D eigenvalue weighted by atomic mass is 16.4. The second-order valence-electron chi connectivity index (χ2n) is 6.50. The smallest absolute Gasteiger partial charge is 0.310 e. The molecule has 1 saturated carbocycles. The zero-order valence-corrected chi connectivity index (χ0v) is 13.3. The lowest BCUT2D eigenvalue weighted by Crippen LogP contribution is -2.14. The van der Waals surface area contributed by atoms with Crippen molar-refractivity contribution >= 4 is 5.97 Å². The Morgan fingerprint density at radius 1 is 1.00 bits per heavy atom. The number of aliphatic carboxylic acids is 1. The summed E-state index contributed by atoms with van der Waals surface area (Å²) in [6.45, 7) is 1.85. The number of carboxylic acid groups (broad SMARTS) is 1. The van der Waals surface area contributed by atoms with Gasteiger partial charge in [0.2, 0.25) is 0 Å². The lowest BCUT2D eigenvalue weighted by atomic mass is 10.0. The van der Waals surface area contributed by atoms with E-state index in [2.05, 4.69) is 5.10 Å². The van der Waals surface area contributed by atoms with Gasteiger partial charge in [0, 0.05) is 24.2 Å². The molecule has 0 saturated heterocycles. The number of carbonyl (C=O) groups is 1. The molecule has 24 heavy (non-hydrogen) atoms. The van der Waals surface area contributed by atoms with Gasteiger partial charge in [-0.2, -0.15) is 5.10 Å². The van der Waals surface area contributed by atoms with Crippen LogP contribution in [0.2, 0.25) is 0 Å². The minimum absolute atomic E-state index is 0.00625. The van der Waals surface area contributed by atoms with Crippen LogP contribution in [0.4, 0.5) is 0 Å². The van der Waals surface area contributed by atoms with Crippen molar-refractivity contribution in [2.45, 2.75) is 18.8 Å². The molecule has 1 fully saturated rings. The molecule has 1 aliphatic carbocycles. The predicted octanol–water partition coefficient (Wildman–Crippen LogP) is 3.84. The van der Waals surface area contributed by atoms with Crippen LogP contribution in [0, 0.1) is 5.41 Å². The number of carboxylic acids is 1. The van der Waals surface area contributed by atoms with Gasteiger partial charge < -0.3 is 5.11 Å². The molecular formula is C20H18N2O2. The third-order valence-corrected chi connectivity index (χ3v) is 5.16. The number of rotatable bonds is 4. The van der Waals surface area contributed by atoms with E-state index in [1.165, 1.54) is 0 Å². The minimum Gasteiger partial charge on any atom is -0.481 e. The number of hydrogen-bond acceptors (Lipinski definition) is 2. The molecule has 0 amide bonds. The Balaban J connectivity index is 1.68. The van der Waals surface area contributed by atoms with E-state index < -0.39 is 11.4 Å². The average molecular weight is 318 g/mol. The number of hydrogen-bond donors (Lipinski definition) is 1. The van der Waals surface area contributed by atoms with Gasteiger partial charge in [-0.25, -0.2) is 4.68 Å². The molecule has 0 radical (unpaired) electrons. The van der Waals surface area contributed by atoms with E-state index in [1.54, 1.807) is 10.9 Å². The summed E-state index contributed by atoms with van der Waals surface area (Å²) in [6, 6.07) is 19.8. The molecule has 0 bridgehead atoms. The Kier molecular flexibility index (Phi) is 3.27. The molecule has 1 aliphatic rings. The zero-order valence-electron chi connectivity index (χ0n) is 13.3. The summed E-state index contributed by atoms with van der Waals surface area (Å²) >= 11 is 0. The molecule has 3 aromatic rings. The SMILES string of the molecule is C[C@@]1(C(=O)O)[C@@H](c2ccccc2)[C@@H]1c1ccc(-n2cccn2)cc1. The monoisotopic (exact) mass is 318 g/mol. The van der Waals surface area contributed by atoms with Crippen molar-refractivity contribution in [1.82, 2.24) is 9.78 Å². The third kappa shape index (κ3) is 2.14. The highest BCUT2D eigenvalue weighted by Gasteiger charge is 2.67. The fourth-order valence-electron chi connectivity index (χ4n) is 3.77. The maximum atomic E-state index is 11.9. The van der Waals surface area contributed by atoms with Crippen LogP contribution in [0.1, 0.15) is 29.9 Å². The van der Waals surface area contributed by atoms with Gasteiger partial charge in [0.25, 0.3) is 0 Å². The number of benzene rings is 2. The third-order valence-electron chi connectivity index (χ3n) is 5.16. The molecule has 1 heterocycles. The van der Waals surface area contributed by atoms with Crippen molar-refractivity contribution in [3.05, 3.63) is 84.2 Å². The maximum absolute atomic E-state index is 11.9. The molecule has 1 aromatic heterocycles. The Morgan fingerprint density at radius 2 is 1.62 bits per heavy atom. The molecule has 4 heteroatoms. The number of nitrogens with zero attached hydrogens (tertiary/aromatic N) is 2. The summed E-state index contributed by atoms with van der Waals surface area (Å²) in [7, 11) is 0. The van der Waals surface area contributed by atoms with Crippen LogP contribution < -0.4 is 0 Å². The molecule has 4 rings (SSSR count). The summed E-state index contributed by atoms with van der Waals surface area (Å²) in [5, 5.41) is 14.0. The quantitative estimate of drug-likeness (QED) is 0.795. The molecule has 0 unspecified atom stereocenters. The van der Waals surface area contributed by atoms with E-state index in [9.17, 15) is 9.90 Å². The van der Waals surface area contributed by atoms with E-state index in [-0.39, 0.29) is 11.8 Å². The summed E-state index contributed by atoms with van der Waals surface area (Å²) in [6.07, 6.45) is 3.63. The van der Waals surface area contributed by atoms with Crippen molar-refractivity contribution in [3.8, 4) is 5.69 Å². The standard InChI is InChI=1S/C20H18N2O2/c1-20(19(23)24)17(14-6-3-2-4-7-14)18(20)15-8-10-16(11-9-15)22-13-5-12-21-22/h2-13,17-18H,1H3,(H,23,24)/t17-,18-,20+/m0/s1. The van der Waals surface area contributed by atoms with Gasteiger partial charge in [-0.15, -0.1) is 0 Å². The van der Waals surface area contributed by atoms with E-state index >= 15 is 0 Å². The van der Waals surface area contributed by atoms with Crippen LogP contribution in [0.5, 0.6) is 0 Å². The molecule has 4 nitrogen and oxygen atoms in total. The summed E-state index contributed by atoms with van der Waals surface area (Å²) in [4.78, 5) is 11.9. The Labute approximate surface area is 140 Å². The van der Waals surface area contributed by atoms with E-state index in [0.717, 1.165) is 16.8 Å². The molecule has 2 aromatic carbocycles. The fraction of sp³-hybridized carbons (Fsp3) is 0.200. The number of aromatic nitrogens is 2. The van der Waals surface area contributed by atoms with Crippen molar-refractivity contribution in [2.24, 2.45) is 5.41 Å². The Bertz CT molecular complexity index is 856. The Morgan fingerprint density at radius 3 is 2.17 bits per heavy atom. The van der Waals surface area contributed by atoms with Crippen LogP contribution in [0.3, 0.4) is 0 Å². The first-order valence-electron chi connectivity index (χ1n) is 8.00. The lowest BCUT2D eigenvalue weighted by molar-refractivity contribution is -0.143. The highest BCUT2D eigenvalue weighted by Crippen LogP contribution is 2.70. The first-order chi connectivity index (χ1) is 11.6. The summed E-state index contributed by atoms with van der Waals surface area (Å²) in [5.41, 5.74) is 2.36. The second kappa shape index (κ2) is 5.34. The highest BCUT2D eigenvalue weighted by molar-refractivity contribution is 5.83. The van der Waals surface area contributed by atoms with Crippen LogP contribution >= 0.6 is 0 Å². The van der Waals surface area contributed by atoms with Crippen molar-refractivity contribution in [1.29, 1.82) is 0 Å². The normalized spacial score (nSPS) is 25.4. The first kappa shape index (κ1) is 14.7. The van der Waals surface area contributed by atoms with Crippen molar-refractivity contribution < 1.29 is 9.90 Å². The summed E-state index contributed by atoms with van der Waals surface area (Å²) < 4.78 is 1.79. The lowest BCUT2D eigenvalue weighted by Gasteiger charge is -2.06. The molecular weight excluding hydrogens is 300 g/mol. The van der Waals surface area contributed by atoms with E-state index in [4.69, 9.17) is 0 Å². The topological polar surface area (TPSA) is 55.1 Å². The largest absolute Gasteiger partial charge is 0.481 e. The molecule has 120 valence electrons. The molecule has 1 N–H and O–H groups in total. The van der Waals surface area contributed by atoms with Crippen molar-refractivity contribution in [3.63, 3.8) is 0 Å². The summed E-state index contributed by atoms with van der Waals surface area (Å²) in [5.74, 6) is -0.742. The second-order valence-corrected chi connectivity index (χ2v) is 6.50. The average Bonchev–Trinajstić information content (AvgIpc) is 2.97. The van der Waals surface area contributed by atoms with Crippen LogP contribution in [-0.4, -0.2) is 20.9 Å². The fourth-order valence-corrected chi connectivity index (χ4v) is 3.77. The van der Waals surface area contributed by atoms with Gasteiger partial charge in [0.1, 0.15) is 0 Å². The zero-order chi connectivity index (χ0) is 16.7. The Hall–Kier alpha value is -2.88.